The largest absolute Gasteiger partial charge is 0.491 e. The van der Waals surface area contributed by atoms with E-state index in [9.17, 15) is 0 Å². The van der Waals surface area contributed by atoms with Gasteiger partial charge in [-0.1, -0.05) is 0 Å². The molecule has 0 aliphatic rings. The minimum Gasteiger partial charge on any atom is -0.491 e. The van der Waals surface area contributed by atoms with Gasteiger partial charge in [-0.2, -0.15) is 0 Å². The van der Waals surface area contributed by atoms with Crippen molar-refractivity contribution in [1.82, 2.24) is 0 Å². The first-order valence-electron chi connectivity index (χ1n) is 4.68. The molecule has 2 rings (SSSR count). The maximum absolute atomic E-state index is 9.12. The van der Waals surface area contributed by atoms with Crippen LogP contribution < -0.4 is 4.74 Å². The van der Waals surface area contributed by atoms with Crippen LogP contribution in [0, 0.1) is 0 Å². The van der Waals surface area contributed by atoms with Crippen molar-refractivity contribution < 1.29 is 14.9 Å². The Kier molecular flexibility index (Phi) is 3.20. The van der Waals surface area contributed by atoms with E-state index in [0.717, 1.165) is 10.4 Å². The third-order valence-corrected chi connectivity index (χ3v) is 2.96. The van der Waals surface area contributed by atoms with E-state index in [-0.39, 0.29) is 13.2 Å². The molecule has 0 aliphatic carbocycles. The minimum atomic E-state index is -0.816. The molecule has 0 saturated carbocycles. The predicted molar refractivity (Wildman–Crippen MR) is 60.4 cm³/mol. The fourth-order valence-electron chi connectivity index (χ4n) is 1.27. The average molecular weight is 224 g/mol. The number of thiophene rings is 1. The molecule has 2 aromatic rings. The van der Waals surface area contributed by atoms with E-state index in [1.54, 1.807) is 11.3 Å². The first-order valence-corrected chi connectivity index (χ1v) is 5.56. The zero-order valence-electron chi connectivity index (χ0n) is 8.09. The standard InChI is InChI=1S/C11H12O3S/c12-6-9(13)7-14-10-2-1-8-3-4-15-11(8)5-10/h1-5,9,12-13H,6-7H2. The summed E-state index contributed by atoms with van der Waals surface area (Å²) in [6.07, 6.45) is -0.816. The first-order chi connectivity index (χ1) is 7.29. The van der Waals surface area contributed by atoms with Gasteiger partial charge in [-0.05, 0) is 35.0 Å². The quantitative estimate of drug-likeness (QED) is 0.830. The summed E-state index contributed by atoms with van der Waals surface area (Å²) >= 11 is 1.65. The highest BCUT2D eigenvalue weighted by molar-refractivity contribution is 7.17. The second-order valence-corrected chi connectivity index (χ2v) is 4.22. The maximum atomic E-state index is 9.12. The smallest absolute Gasteiger partial charge is 0.120 e. The summed E-state index contributed by atoms with van der Waals surface area (Å²) in [5.74, 6) is 0.720. The van der Waals surface area contributed by atoms with Crippen molar-refractivity contribution in [3.05, 3.63) is 29.6 Å². The SMILES string of the molecule is OCC(O)COc1ccc2ccsc2c1. The number of benzene rings is 1. The molecule has 0 spiro atoms. The van der Waals surface area contributed by atoms with Gasteiger partial charge < -0.3 is 14.9 Å². The van der Waals surface area contributed by atoms with Crippen LogP contribution in [-0.4, -0.2) is 29.5 Å². The summed E-state index contributed by atoms with van der Waals surface area (Å²) in [4.78, 5) is 0. The van der Waals surface area contributed by atoms with E-state index >= 15 is 0 Å². The molecule has 1 heterocycles. The Balaban J connectivity index is 2.08. The van der Waals surface area contributed by atoms with Gasteiger partial charge >= 0.3 is 0 Å². The second-order valence-electron chi connectivity index (χ2n) is 3.27. The Morgan fingerprint density at radius 3 is 3.00 bits per heavy atom. The number of fused-ring (bicyclic) bond motifs is 1. The highest BCUT2D eigenvalue weighted by Crippen LogP contribution is 2.25. The lowest BCUT2D eigenvalue weighted by Crippen LogP contribution is -2.21. The Hall–Kier alpha value is -1.10. The van der Waals surface area contributed by atoms with Crippen molar-refractivity contribution in [3.8, 4) is 5.75 Å². The maximum Gasteiger partial charge on any atom is 0.120 e. The van der Waals surface area contributed by atoms with Crippen LogP contribution in [0.2, 0.25) is 0 Å². The summed E-state index contributed by atoms with van der Waals surface area (Å²) in [7, 11) is 0. The molecule has 0 saturated heterocycles. The summed E-state index contributed by atoms with van der Waals surface area (Å²) in [5, 5.41) is 21.0. The van der Waals surface area contributed by atoms with Crippen molar-refractivity contribution in [1.29, 1.82) is 0 Å². The number of ether oxygens (including phenoxy) is 1. The zero-order valence-corrected chi connectivity index (χ0v) is 8.91. The average Bonchev–Trinajstić information content (AvgIpc) is 2.72. The van der Waals surface area contributed by atoms with Gasteiger partial charge in [-0.25, -0.2) is 0 Å². The molecule has 0 radical (unpaired) electrons. The van der Waals surface area contributed by atoms with Gasteiger partial charge in [0.25, 0.3) is 0 Å². The molecule has 15 heavy (non-hydrogen) atoms. The van der Waals surface area contributed by atoms with Crippen molar-refractivity contribution in [2.24, 2.45) is 0 Å². The van der Waals surface area contributed by atoms with Crippen molar-refractivity contribution in [3.63, 3.8) is 0 Å². The van der Waals surface area contributed by atoms with Gasteiger partial charge in [-0.15, -0.1) is 11.3 Å². The van der Waals surface area contributed by atoms with Crippen LogP contribution in [0.1, 0.15) is 0 Å². The van der Waals surface area contributed by atoms with Crippen LogP contribution in [0.3, 0.4) is 0 Å². The Bertz CT molecular complexity index is 438. The number of hydrogen-bond acceptors (Lipinski definition) is 4. The summed E-state index contributed by atoms with van der Waals surface area (Å²) in [5.41, 5.74) is 0. The second kappa shape index (κ2) is 4.61. The first kappa shape index (κ1) is 10.4. The lowest BCUT2D eigenvalue weighted by molar-refractivity contribution is 0.0536. The molecule has 1 atom stereocenters. The lowest BCUT2D eigenvalue weighted by atomic mass is 10.2. The van der Waals surface area contributed by atoms with E-state index in [1.165, 1.54) is 5.39 Å². The number of rotatable bonds is 4. The molecule has 0 aliphatic heterocycles. The minimum absolute atomic E-state index is 0.118. The normalized spacial score (nSPS) is 12.9. The highest BCUT2D eigenvalue weighted by Gasteiger charge is 2.03. The molecular formula is C11H12O3S. The molecular weight excluding hydrogens is 212 g/mol. The van der Waals surface area contributed by atoms with Crippen LogP contribution in [0.4, 0.5) is 0 Å². The molecule has 0 bridgehead atoms. The Labute approximate surface area is 91.6 Å². The molecule has 1 aromatic heterocycles. The van der Waals surface area contributed by atoms with Gasteiger partial charge in [0, 0.05) is 4.70 Å². The van der Waals surface area contributed by atoms with E-state index in [2.05, 4.69) is 0 Å². The van der Waals surface area contributed by atoms with Gasteiger partial charge in [-0.3, -0.25) is 0 Å². The van der Waals surface area contributed by atoms with E-state index < -0.39 is 6.10 Å². The van der Waals surface area contributed by atoms with Crippen LogP contribution in [-0.2, 0) is 0 Å². The van der Waals surface area contributed by atoms with Gasteiger partial charge in [0.05, 0.1) is 6.61 Å². The third-order valence-electron chi connectivity index (χ3n) is 2.08. The molecule has 80 valence electrons. The number of hydrogen-bond donors (Lipinski definition) is 2. The monoisotopic (exact) mass is 224 g/mol. The Morgan fingerprint density at radius 1 is 1.33 bits per heavy atom. The van der Waals surface area contributed by atoms with Gasteiger partial charge in [0.15, 0.2) is 0 Å². The summed E-state index contributed by atoms with van der Waals surface area (Å²) in [6, 6.07) is 7.82. The molecule has 0 amide bonds. The van der Waals surface area contributed by atoms with E-state index in [4.69, 9.17) is 14.9 Å². The summed E-state index contributed by atoms with van der Waals surface area (Å²) in [6.45, 7) is -0.158. The summed E-state index contributed by atoms with van der Waals surface area (Å²) < 4.78 is 6.49. The molecule has 2 N–H and O–H groups in total. The van der Waals surface area contributed by atoms with Crippen LogP contribution in [0.25, 0.3) is 10.1 Å². The molecule has 4 heteroatoms. The van der Waals surface area contributed by atoms with Crippen molar-refractivity contribution in [2.45, 2.75) is 6.10 Å². The predicted octanol–water partition coefficient (Wildman–Crippen LogP) is 1.63. The molecule has 0 fully saturated rings. The topological polar surface area (TPSA) is 49.7 Å². The lowest BCUT2D eigenvalue weighted by Gasteiger charge is -2.09. The van der Waals surface area contributed by atoms with E-state index in [0.29, 0.717) is 0 Å². The van der Waals surface area contributed by atoms with Crippen molar-refractivity contribution >= 4 is 21.4 Å². The van der Waals surface area contributed by atoms with Gasteiger partial charge in [0.2, 0.25) is 0 Å². The highest BCUT2D eigenvalue weighted by atomic mass is 32.1. The third kappa shape index (κ3) is 2.47. The van der Waals surface area contributed by atoms with Gasteiger partial charge in [0.1, 0.15) is 18.5 Å². The van der Waals surface area contributed by atoms with Crippen LogP contribution >= 0.6 is 11.3 Å². The zero-order chi connectivity index (χ0) is 10.7. The Morgan fingerprint density at radius 2 is 2.20 bits per heavy atom. The van der Waals surface area contributed by atoms with Crippen LogP contribution in [0.15, 0.2) is 29.6 Å². The number of aliphatic hydroxyl groups excluding tert-OH is 2. The molecule has 1 aromatic carbocycles. The van der Waals surface area contributed by atoms with Crippen LogP contribution in [0.5, 0.6) is 5.75 Å². The fourth-order valence-corrected chi connectivity index (χ4v) is 2.09. The number of aliphatic hydroxyl groups is 2. The molecule has 1 unspecified atom stereocenters. The van der Waals surface area contributed by atoms with Crippen molar-refractivity contribution in [2.75, 3.05) is 13.2 Å². The molecule has 3 nitrogen and oxygen atoms in total. The van der Waals surface area contributed by atoms with E-state index in [1.807, 2.05) is 29.6 Å². The fraction of sp³-hybridized carbons (Fsp3) is 0.273.